The molecule has 2 aliphatic heterocycles. The predicted octanol–water partition coefficient (Wildman–Crippen LogP) is 3.52. The monoisotopic (exact) mass is 468 g/mol. The molecule has 8 nitrogen and oxygen atoms in total. The van der Waals surface area contributed by atoms with Crippen molar-refractivity contribution >= 4 is 11.8 Å². The molecule has 184 valence electrons. The Labute approximate surface area is 201 Å². The molecule has 3 heterocycles. The van der Waals surface area contributed by atoms with E-state index in [0.717, 1.165) is 45.1 Å². The minimum atomic E-state index is -0.145. The van der Waals surface area contributed by atoms with Gasteiger partial charge in [-0.25, -0.2) is 0 Å². The van der Waals surface area contributed by atoms with Crippen LogP contribution < -0.4 is 10.1 Å². The fraction of sp³-hybridized carbons (Fsp3) is 0.577. The lowest BCUT2D eigenvalue weighted by molar-refractivity contribution is 0.0337. The summed E-state index contributed by atoms with van der Waals surface area (Å²) < 4.78 is 13.8. The first kappa shape index (κ1) is 24.3. The maximum Gasteiger partial charge on any atom is 0.274 e. The van der Waals surface area contributed by atoms with Crippen molar-refractivity contribution < 1.29 is 19.1 Å². The van der Waals surface area contributed by atoms with E-state index >= 15 is 0 Å². The van der Waals surface area contributed by atoms with Crippen LogP contribution in [0.15, 0.2) is 36.5 Å². The summed E-state index contributed by atoms with van der Waals surface area (Å²) in [6.45, 7) is 6.49. The van der Waals surface area contributed by atoms with E-state index in [0.29, 0.717) is 56.5 Å². The van der Waals surface area contributed by atoms with Crippen LogP contribution in [0.4, 0.5) is 0 Å². The number of carbonyl (C=O) groups excluding carboxylic acids is 2. The Hall–Kier alpha value is -2.87. The average molecular weight is 469 g/mol. The molecule has 2 aliphatic rings. The Morgan fingerprint density at radius 2 is 1.94 bits per heavy atom. The second-order valence-electron chi connectivity index (χ2n) is 9.37. The van der Waals surface area contributed by atoms with Crippen LogP contribution >= 0.6 is 0 Å². The van der Waals surface area contributed by atoms with Crippen LogP contribution in [0, 0.1) is 5.41 Å². The molecule has 0 bridgehead atoms. The summed E-state index contributed by atoms with van der Waals surface area (Å²) in [5.74, 6) is 0.465. The zero-order valence-electron chi connectivity index (χ0n) is 20.1. The summed E-state index contributed by atoms with van der Waals surface area (Å²) in [5.41, 5.74) is 1.03. The van der Waals surface area contributed by atoms with Gasteiger partial charge in [0, 0.05) is 44.4 Å². The summed E-state index contributed by atoms with van der Waals surface area (Å²) in [7, 11) is 0. The Morgan fingerprint density at radius 1 is 1.12 bits per heavy atom. The number of aromatic nitrogens is 2. The van der Waals surface area contributed by atoms with Gasteiger partial charge in [-0.05, 0) is 50.3 Å². The van der Waals surface area contributed by atoms with E-state index < -0.39 is 0 Å². The number of nitrogens with zero attached hydrogens (tertiary/aromatic N) is 3. The smallest absolute Gasteiger partial charge is 0.274 e. The van der Waals surface area contributed by atoms with Crippen LogP contribution in [0.1, 0.15) is 66.3 Å². The molecule has 0 aliphatic carbocycles. The van der Waals surface area contributed by atoms with E-state index in [1.165, 1.54) is 0 Å². The minimum absolute atomic E-state index is 0.00179. The highest BCUT2D eigenvalue weighted by Gasteiger charge is 2.37. The third-order valence-corrected chi connectivity index (χ3v) is 6.87. The number of aryl methyl sites for hydroxylation is 1. The van der Waals surface area contributed by atoms with E-state index in [4.69, 9.17) is 9.47 Å². The molecule has 0 saturated carbocycles. The second-order valence-corrected chi connectivity index (χ2v) is 9.37. The maximum atomic E-state index is 13.0. The van der Waals surface area contributed by atoms with E-state index in [1.807, 2.05) is 40.0 Å². The highest BCUT2D eigenvalue weighted by molar-refractivity contribution is 5.96. The van der Waals surface area contributed by atoms with Gasteiger partial charge in [-0.15, -0.1) is 0 Å². The average Bonchev–Trinajstić information content (AvgIpc) is 3.33. The lowest BCUT2D eigenvalue weighted by Crippen LogP contribution is -2.45. The van der Waals surface area contributed by atoms with Crippen LogP contribution in [0.3, 0.4) is 0 Å². The molecule has 1 N–H and O–H groups in total. The van der Waals surface area contributed by atoms with Crippen molar-refractivity contribution in [3.8, 4) is 5.75 Å². The molecule has 1 saturated heterocycles. The molecule has 1 aromatic heterocycles. The number of piperidine rings is 1. The van der Waals surface area contributed by atoms with Crippen molar-refractivity contribution in [2.75, 3.05) is 39.5 Å². The maximum absolute atomic E-state index is 13.0. The Morgan fingerprint density at radius 3 is 2.76 bits per heavy atom. The molecule has 34 heavy (non-hydrogen) atoms. The number of rotatable bonds is 3. The molecule has 0 atom stereocenters. The van der Waals surface area contributed by atoms with E-state index in [9.17, 15) is 9.59 Å². The molecule has 0 radical (unpaired) electrons. The lowest BCUT2D eigenvalue weighted by Gasteiger charge is -2.41. The fourth-order valence-electron chi connectivity index (χ4n) is 4.79. The molecule has 4 rings (SSSR count). The summed E-state index contributed by atoms with van der Waals surface area (Å²) >= 11 is 0. The van der Waals surface area contributed by atoms with Crippen molar-refractivity contribution in [2.45, 2.75) is 52.0 Å². The first-order valence-corrected chi connectivity index (χ1v) is 12.5. The van der Waals surface area contributed by atoms with Gasteiger partial charge in [0.15, 0.2) is 0 Å². The molecule has 8 heteroatoms. The molecular weight excluding hydrogens is 432 g/mol. The highest BCUT2D eigenvalue weighted by Crippen LogP contribution is 2.38. The van der Waals surface area contributed by atoms with Gasteiger partial charge in [0.2, 0.25) is 0 Å². The molecule has 2 amide bonds. The highest BCUT2D eigenvalue weighted by atomic mass is 16.5. The van der Waals surface area contributed by atoms with Crippen LogP contribution in [-0.2, 0) is 11.3 Å². The standard InChI is InChI=1S/C26H36N4O4/c1-2-14-30-15-9-22(28-30)25(32)29-16-11-26(12-17-29)10-5-6-18-33-19-13-27-24(31)21-7-3-4-8-23(21)34-20-26/h3-4,7-9,15H,2,5-6,10-14,16-20H2,1H3,(H,27,31). The third kappa shape index (κ3) is 5.97. The second kappa shape index (κ2) is 11.5. The summed E-state index contributed by atoms with van der Waals surface area (Å²) in [6, 6.07) is 9.21. The van der Waals surface area contributed by atoms with Gasteiger partial charge < -0.3 is 19.7 Å². The quantitative estimate of drug-likeness (QED) is 0.745. The molecule has 1 aromatic carbocycles. The first-order chi connectivity index (χ1) is 16.6. The zero-order valence-corrected chi connectivity index (χ0v) is 20.1. The van der Waals surface area contributed by atoms with Gasteiger partial charge >= 0.3 is 0 Å². The van der Waals surface area contributed by atoms with Crippen LogP contribution in [-0.4, -0.2) is 65.9 Å². The van der Waals surface area contributed by atoms with Gasteiger partial charge in [-0.2, -0.15) is 5.10 Å². The number of carbonyl (C=O) groups is 2. The van der Waals surface area contributed by atoms with Crippen molar-refractivity contribution in [3.63, 3.8) is 0 Å². The predicted molar refractivity (Wildman–Crippen MR) is 129 cm³/mol. The lowest BCUT2D eigenvalue weighted by atomic mass is 9.75. The molecule has 1 fully saturated rings. The zero-order chi connectivity index (χ0) is 23.8. The Bertz CT molecular complexity index is 965. The number of hydrogen-bond acceptors (Lipinski definition) is 5. The van der Waals surface area contributed by atoms with Gasteiger partial charge in [0.1, 0.15) is 11.4 Å². The normalized spacial score (nSPS) is 19.6. The summed E-state index contributed by atoms with van der Waals surface area (Å²) in [4.78, 5) is 27.6. The van der Waals surface area contributed by atoms with Crippen molar-refractivity contribution in [1.29, 1.82) is 0 Å². The number of para-hydroxylation sites is 1. The van der Waals surface area contributed by atoms with Crippen molar-refractivity contribution in [1.82, 2.24) is 20.0 Å². The van der Waals surface area contributed by atoms with Crippen molar-refractivity contribution in [2.24, 2.45) is 5.41 Å². The number of likely N-dealkylation sites (tertiary alicyclic amines) is 1. The van der Waals surface area contributed by atoms with Crippen molar-refractivity contribution in [3.05, 3.63) is 47.8 Å². The number of amides is 2. The summed E-state index contributed by atoms with van der Waals surface area (Å²) in [5, 5.41) is 7.36. The van der Waals surface area contributed by atoms with Gasteiger partial charge in [0.05, 0.1) is 18.8 Å². The van der Waals surface area contributed by atoms with E-state index in [1.54, 1.807) is 6.07 Å². The number of ether oxygens (including phenoxy) is 2. The molecule has 2 aromatic rings. The Balaban J connectivity index is 1.44. The first-order valence-electron chi connectivity index (χ1n) is 12.5. The van der Waals surface area contributed by atoms with Crippen LogP contribution in [0.2, 0.25) is 0 Å². The molecule has 0 unspecified atom stereocenters. The third-order valence-electron chi connectivity index (χ3n) is 6.87. The number of fused-ring (bicyclic) bond motifs is 1. The van der Waals surface area contributed by atoms with E-state index in [2.05, 4.69) is 17.3 Å². The molecule has 1 spiro atoms. The largest absolute Gasteiger partial charge is 0.492 e. The van der Waals surface area contributed by atoms with E-state index in [-0.39, 0.29) is 17.2 Å². The SMILES string of the molecule is CCCn1ccc(C(=O)N2CCC3(CCCCOCCNC(=O)c4ccccc4OC3)CC2)n1. The summed E-state index contributed by atoms with van der Waals surface area (Å²) in [6.07, 6.45) is 7.63. The number of nitrogens with one attached hydrogen (secondary N) is 1. The molecular formula is C26H36N4O4. The van der Waals surface area contributed by atoms with Crippen LogP contribution in [0.5, 0.6) is 5.75 Å². The topological polar surface area (TPSA) is 85.7 Å². The fourth-order valence-corrected chi connectivity index (χ4v) is 4.79. The van der Waals surface area contributed by atoms with Gasteiger partial charge in [-0.1, -0.05) is 25.5 Å². The number of hydrogen-bond donors (Lipinski definition) is 1. The minimum Gasteiger partial charge on any atom is -0.492 e. The van der Waals surface area contributed by atoms with Gasteiger partial charge in [-0.3, -0.25) is 14.3 Å². The number of benzene rings is 1. The Kier molecular flexibility index (Phi) is 8.21. The van der Waals surface area contributed by atoms with Gasteiger partial charge in [0.25, 0.3) is 11.8 Å². The van der Waals surface area contributed by atoms with Crippen LogP contribution in [0.25, 0.3) is 0 Å².